The number of halogens is 1. The van der Waals surface area contributed by atoms with Crippen LogP contribution in [0.15, 0.2) is 91.0 Å². The summed E-state index contributed by atoms with van der Waals surface area (Å²) in [5.74, 6) is -0.553. The molecule has 3 aromatic carbocycles. The molecular weight excluding hydrogens is 365 g/mol. The van der Waals surface area contributed by atoms with Gasteiger partial charge in [-0.1, -0.05) is 60.7 Å². The molecule has 0 radical (unpaired) electrons. The third-order valence-electron chi connectivity index (χ3n) is 4.73. The number of nitrogens with one attached hydrogen (secondary N) is 1. The van der Waals surface area contributed by atoms with Crippen LogP contribution in [0.25, 0.3) is 16.9 Å². The van der Waals surface area contributed by atoms with Crippen molar-refractivity contribution in [3.05, 3.63) is 108 Å². The molecule has 144 valence electrons. The second-order valence-corrected chi connectivity index (χ2v) is 6.77. The minimum atomic E-state index is -0.304. The van der Waals surface area contributed by atoms with E-state index in [4.69, 9.17) is 0 Å². The average Bonchev–Trinajstić information content (AvgIpc) is 3.21. The average molecular weight is 385 g/mol. The first-order chi connectivity index (χ1) is 14.1. The van der Waals surface area contributed by atoms with Gasteiger partial charge < -0.3 is 5.32 Å². The predicted molar refractivity (Wildman–Crippen MR) is 111 cm³/mol. The van der Waals surface area contributed by atoms with Crippen LogP contribution in [-0.2, 0) is 0 Å². The number of nitrogens with zero attached hydrogens (tertiary/aromatic N) is 2. The number of hydrogen-bond acceptors (Lipinski definition) is 2. The van der Waals surface area contributed by atoms with Gasteiger partial charge in [0.2, 0.25) is 0 Å². The molecule has 1 aromatic heterocycles. The second-order valence-electron chi connectivity index (χ2n) is 6.77. The van der Waals surface area contributed by atoms with Gasteiger partial charge in [0.25, 0.3) is 5.91 Å². The Kier molecular flexibility index (Phi) is 5.20. The summed E-state index contributed by atoms with van der Waals surface area (Å²) in [5, 5.41) is 7.65. The number of carbonyl (C=O) groups is 1. The van der Waals surface area contributed by atoms with Crippen molar-refractivity contribution < 1.29 is 9.18 Å². The maximum Gasteiger partial charge on any atom is 0.270 e. The van der Waals surface area contributed by atoms with Gasteiger partial charge in [-0.2, -0.15) is 5.10 Å². The normalized spacial score (nSPS) is 11.8. The Morgan fingerprint density at radius 2 is 1.55 bits per heavy atom. The Morgan fingerprint density at radius 1 is 0.931 bits per heavy atom. The van der Waals surface area contributed by atoms with E-state index in [1.165, 1.54) is 12.1 Å². The summed E-state index contributed by atoms with van der Waals surface area (Å²) in [6.45, 7) is 1.87. The van der Waals surface area contributed by atoms with Crippen LogP contribution in [0.4, 0.5) is 4.39 Å². The fraction of sp³-hybridized carbons (Fsp3) is 0.0833. The van der Waals surface area contributed by atoms with Gasteiger partial charge in [-0.3, -0.25) is 4.79 Å². The molecule has 1 N–H and O–H groups in total. The van der Waals surface area contributed by atoms with Crippen LogP contribution >= 0.6 is 0 Å². The summed E-state index contributed by atoms with van der Waals surface area (Å²) in [4.78, 5) is 13.1. The van der Waals surface area contributed by atoms with Crippen LogP contribution in [0.1, 0.15) is 29.0 Å². The number of aromatic nitrogens is 2. The molecule has 4 nitrogen and oxygen atoms in total. The zero-order valence-corrected chi connectivity index (χ0v) is 15.9. The molecule has 0 unspecified atom stereocenters. The molecule has 0 fully saturated rings. The van der Waals surface area contributed by atoms with Gasteiger partial charge in [-0.15, -0.1) is 0 Å². The van der Waals surface area contributed by atoms with Crippen LogP contribution in [-0.4, -0.2) is 15.7 Å². The molecule has 0 bridgehead atoms. The molecule has 1 heterocycles. The Labute approximate surface area is 168 Å². The molecule has 1 amide bonds. The summed E-state index contributed by atoms with van der Waals surface area (Å²) < 4.78 is 14.8. The highest BCUT2D eigenvalue weighted by Crippen LogP contribution is 2.22. The fourth-order valence-electron chi connectivity index (χ4n) is 3.16. The Balaban J connectivity index is 1.68. The van der Waals surface area contributed by atoms with E-state index in [1.54, 1.807) is 22.9 Å². The zero-order chi connectivity index (χ0) is 20.2. The molecule has 5 heteroatoms. The molecule has 1 atom stereocenters. The molecule has 4 aromatic rings. The van der Waals surface area contributed by atoms with Crippen molar-refractivity contribution in [2.24, 2.45) is 0 Å². The van der Waals surface area contributed by atoms with E-state index in [1.807, 2.05) is 67.6 Å². The van der Waals surface area contributed by atoms with E-state index in [0.29, 0.717) is 11.4 Å². The highest BCUT2D eigenvalue weighted by molar-refractivity contribution is 5.94. The number of benzene rings is 3. The molecule has 0 aliphatic heterocycles. The van der Waals surface area contributed by atoms with Crippen molar-refractivity contribution in [1.82, 2.24) is 15.1 Å². The van der Waals surface area contributed by atoms with Crippen molar-refractivity contribution in [3.8, 4) is 16.9 Å². The number of carbonyl (C=O) groups excluding carboxylic acids is 1. The number of rotatable bonds is 5. The maximum atomic E-state index is 13.2. The third-order valence-corrected chi connectivity index (χ3v) is 4.73. The summed E-state index contributed by atoms with van der Waals surface area (Å²) in [6, 6.07) is 26.9. The van der Waals surface area contributed by atoms with E-state index in [9.17, 15) is 9.18 Å². The standard InChI is InChI=1S/C24H20FN3O/c1-17(18-12-14-20(25)15-13-18)26-24(29)23-16-22(19-8-4-2-5-9-19)27-28(23)21-10-6-3-7-11-21/h2-17H,1H3,(H,26,29)/t17-/m0/s1. The quantitative estimate of drug-likeness (QED) is 0.515. The molecule has 0 spiro atoms. The van der Waals surface area contributed by atoms with Crippen molar-refractivity contribution in [2.75, 3.05) is 0 Å². The molecule has 0 aliphatic carbocycles. The fourth-order valence-corrected chi connectivity index (χ4v) is 3.16. The van der Waals surface area contributed by atoms with Gasteiger partial charge in [0.05, 0.1) is 17.4 Å². The molecule has 0 aliphatic rings. The smallest absolute Gasteiger partial charge is 0.270 e. The van der Waals surface area contributed by atoms with Gasteiger partial charge in [0.15, 0.2) is 0 Å². The Morgan fingerprint density at radius 3 is 2.21 bits per heavy atom. The van der Waals surface area contributed by atoms with Gasteiger partial charge in [0.1, 0.15) is 11.5 Å². The lowest BCUT2D eigenvalue weighted by molar-refractivity contribution is 0.0932. The Bertz CT molecular complexity index is 1110. The molecule has 29 heavy (non-hydrogen) atoms. The van der Waals surface area contributed by atoms with E-state index in [0.717, 1.165) is 16.8 Å². The lowest BCUT2D eigenvalue weighted by Crippen LogP contribution is -2.28. The van der Waals surface area contributed by atoms with E-state index in [2.05, 4.69) is 10.4 Å². The molecular formula is C24H20FN3O. The Hall–Kier alpha value is -3.73. The van der Waals surface area contributed by atoms with Crippen molar-refractivity contribution >= 4 is 5.91 Å². The second kappa shape index (κ2) is 8.10. The number of hydrogen-bond donors (Lipinski definition) is 1. The van der Waals surface area contributed by atoms with Crippen molar-refractivity contribution in [2.45, 2.75) is 13.0 Å². The van der Waals surface area contributed by atoms with Crippen LogP contribution in [0.2, 0.25) is 0 Å². The molecule has 0 saturated carbocycles. The minimum absolute atomic E-state index is 0.250. The third kappa shape index (κ3) is 4.09. The first-order valence-corrected chi connectivity index (χ1v) is 9.39. The van der Waals surface area contributed by atoms with Crippen molar-refractivity contribution in [1.29, 1.82) is 0 Å². The van der Waals surface area contributed by atoms with Gasteiger partial charge in [-0.05, 0) is 42.8 Å². The largest absolute Gasteiger partial charge is 0.344 e. The van der Waals surface area contributed by atoms with Gasteiger partial charge in [0, 0.05) is 5.56 Å². The van der Waals surface area contributed by atoms with Crippen LogP contribution in [0, 0.1) is 5.82 Å². The summed E-state index contributed by atoms with van der Waals surface area (Å²) in [7, 11) is 0. The van der Waals surface area contributed by atoms with E-state index < -0.39 is 0 Å². The lowest BCUT2D eigenvalue weighted by Gasteiger charge is -2.15. The van der Waals surface area contributed by atoms with Crippen LogP contribution < -0.4 is 5.32 Å². The highest BCUT2D eigenvalue weighted by atomic mass is 19.1. The topological polar surface area (TPSA) is 46.9 Å². The monoisotopic (exact) mass is 385 g/mol. The summed E-state index contributed by atoms with van der Waals surface area (Å²) >= 11 is 0. The zero-order valence-electron chi connectivity index (χ0n) is 15.9. The molecule has 0 saturated heterocycles. The molecule has 4 rings (SSSR count). The summed E-state index contributed by atoms with van der Waals surface area (Å²) in [6.07, 6.45) is 0. The van der Waals surface area contributed by atoms with Crippen molar-refractivity contribution in [3.63, 3.8) is 0 Å². The predicted octanol–water partition coefficient (Wildman–Crippen LogP) is 5.17. The first-order valence-electron chi connectivity index (χ1n) is 9.39. The minimum Gasteiger partial charge on any atom is -0.344 e. The van der Waals surface area contributed by atoms with E-state index in [-0.39, 0.29) is 17.8 Å². The van der Waals surface area contributed by atoms with Crippen LogP contribution in [0.5, 0.6) is 0 Å². The number of amides is 1. The van der Waals surface area contributed by atoms with Crippen LogP contribution in [0.3, 0.4) is 0 Å². The van der Waals surface area contributed by atoms with Gasteiger partial charge >= 0.3 is 0 Å². The lowest BCUT2D eigenvalue weighted by atomic mass is 10.1. The SMILES string of the molecule is C[C@H](NC(=O)c1cc(-c2ccccc2)nn1-c1ccccc1)c1ccc(F)cc1. The van der Waals surface area contributed by atoms with Gasteiger partial charge in [-0.25, -0.2) is 9.07 Å². The number of para-hydroxylation sites is 1. The first kappa shape index (κ1) is 18.6. The maximum absolute atomic E-state index is 13.2. The van der Waals surface area contributed by atoms with E-state index >= 15 is 0 Å². The highest BCUT2D eigenvalue weighted by Gasteiger charge is 2.19. The summed E-state index contributed by atoms with van der Waals surface area (Å²) in [5.41, 5.74) is 3.71.